The number of fused-ring (bicyclic) bond motifs is 1. The first-order valence-corrected chi connectivity index (χ1v) is 8.47. The molecular formula is C18H21N7. The molecule has 4 rings (SSSR count). The molecule has 7 heteroatoms. The van der Waals surface area contributed by atoms with Gasteiger partial charge in [0.1, 0.15) is 11.6 Å². The SMILES string of the molecule is CNc1nc(Nc2cc(N3CCNCC3)ccn2)nc2ccccc12. The number of piperazine rings is 1. The first kappa shape index (κ1) is 15.6. The number of anilines is 4. The number of pyridine rings is 1. The smallest absolute Gasteiger partial charge is 0.230 e. The molecule has 0 amide bonds. The molecule has 1 aliphatic heterocycles. The topological polar surface area (TPSA) is 78.0 Å². The van der Waals surface area contributed by atoms with Gasteiger partial charge in [-0.1, -0.05) is 12.1 Å². The lowest BCUT2D eigenvalue weighted by Crippen LogP contribution is -2.43. The summed E-state index contributed by atoms with van der Waals surface area (Å²) < 4.78 is 0. The Balaban J connectivity index is 1.62. The van der Waals surface area contributed by atoms with Crippen molar-refractivity contribution in [1.29, 1.82) is 0 Å². The third-order valence-electron chi connectivity index (χ3n) is 4.31. The van der Waals surface area contributed by atoms with Crippen LogP contribution >= 0.6 is 0 Å². The van der Waals surface area contributed by atoms with E-state index in [4.69, 9.17) is 0 Å². The van der Waals surface area contributed by atoms with Gasteiger partial charge in [-0.15, -0.1) is 0 Å². The number of hydrogen-bond donors (Lipinski definition) is 3. The second-order valence-electron chi connectivity index (χ2n) is 5.92. The van der Waals surface area contributed by atoms with E-state index in [1.165, 1.54) is 0 Å². The lowest BCUT2D eigenvalue weighted by molar-refractivity contribution is 0.589. The second kappa shape index (κ2) is 6.90. The van der Waals surface area contributed by atoms with Crippen LogP contribution in [-0.4, -0.2) is 48.2 Å². The fourth-order valence-corrected chi connectivity index (χ4v) is 3.05. The Labute approximate surface area is 146 Å². The molecule has 0 bridgehead atoms. The first-order chi connectivity index (χ1) is 12.3. The van der Waals surface area contributed by atoms with Crippen molar-refractivity contribution >= 4 is 34.2 Å². The summed E-state index contributed by atoms with van der Waals surface area (Å²) in [6.45, 7) is 4.01. The number of nitrogens with zero attached hydrogens (tertiary/aromatic N) is 4. The zero-order valence-corrected chi connectivity index (χ0v) is 14.2. The summed E-state index contributed by atoms with van der Waals surface area (Å²) in [7, 11) is 1.86. The summed E-state index contributed by atoms with van der Waals surface area (Å²) in [5.41, 5.74) is 2.05. The fourth-order valence-electron chi connectivity index (χ4n) is 3.05. The van der Waals surface area contributed by atoms with Gasteiger partial charge < -0.3 is 20.9 Å². The van der Waals surface area contributed by atoms with Crippen molar-refractivity contribution in [3.8, 4) is 0 Å². The standard InChI is InChI=1S/C18H21N7/c1-19-17-14-4-2-3-5-15(14)22-18(24-17)23-16-12-13(6-7-21-16)25-10-8-20-9-11-25/h2-7,12,20H,8-11H2,1H3,(H2,19,21,22,23,24). The summed E-state index contributed by atoms with van der Waals surface area (Å²) in [5, 5.41) is 10.7. The zero-order chi connectivity index (χ0) is 17.1. The highest BCUT2D eigenvalue weighted by Gasteiger charge is 2.12. The van der Waals surface area contributed by atoms with Crippen molar-refractivity contribution in [2.45, 2.75) is 0 Å². The second-order valence-corrected chi connectivity index (χ2v) is 5.92. The molecule has 3 N–H and O–H groups in total. The van der Waals surface area contributed by atoms with Crippen LogP contribution in [-0.2, 0) is 0 Å². The highest BCUT2D eigenvalue weighted by atomic mass is 15.2. The minimum atomic E-state index is 0.535. The van der Waals surface area contributed by atoms with E-state index in [2.05, 4.69) is 35.8 Å². The van der Waals surface area contributed by atoms with Crippen molar-refractivity contribution in [1.82, 2.24) is 20.3 Å². The van der Waals surface area contributed by atoms with Gasteiger partial charge >= 0.3 is 0 Å². The molecule has 0 saturated carbocycles. The van der Waals surface area contributed by atoms with Crippen molar-refractivity contribution in [3.05, 3.63) is 42.6 Å². The predicted octanol–water partition coefficient (Wildman–Crippen LogP) is 2.22. The van der Waals surface area contributed by atoms with Crippen LogP contribution in [0.2, 0.25) is 0 Å². The molecule has 0 aliphatic carbocycles. The van der Waals surface area contributed by atoms with E-state index in [-0.39, 0.29) is 0 Å². The van der Waals surface area contributed by atoms with E-state index in [1.807, 2.05) is 49.6 Å². The molecule has 3 heterocycles. The highest BCUT2D eigenvalue weighted by Crippen LogP contribution is 2.24. The van der Waals surface area contributed by atoms with Crippen LogP contribution in [0.25, 0.3) is 10.9 Å². The monoisotopic (exact) mass is 335 g/mol. The van der Waals surface area contributed by atoms with Crippen LogP contribution < -0.4 is 20.9 Å². The van der Waals surface area contributed by atoms with Gasteiger partial charge in [0.25, 0.3) is 0 Å². The van der Waals surface area contributed by atoms with Crippen LogP contribution in [0.4, 0.5) is 23.3 Å². The Kier molecular flexibility index (Phi) is 4.30. The summed E-state index contributed by atoms with van der Waals surface area (Å²) in [5.74, 6) is 2.08. The molecule has 1 aliphatic rings. The number of hydrogen-bond acceptors (Lipinski definition) is 7. The van der Waals surface area contributed by atoms with Gasteiger partial charge in [0.2, 0.25) is 5.95 Å². The van der Waals surface area contributed by atoms with Crippen LogP contribution in [0.1, 0.15) is 0 Å². The largest absolute Gasteiger partial charge is 0.372 e. The molecule has 1 aromatic carbocycles. The van der Waals surface area contributed by atoms with Crippen molar-refractivity contribution in [3.63, 3.8) is 0 Å². The lowest BCUT2D eigenvalue weighted by Gasteiger charge is -2.29. The van der Waals surface area contributed by atoms with Gasteiger partial charge in [0, 0.05) is 56.6 Å². The van der Waals surface area contributed by atoms with Crippen LogP contribution in [0.3, 0.4) is 0 Å². The average Bonchev–Trinajstić information content (AvgIpc) is 2.68. The lowest BCUT2D eigenvalue weighted by atomic mass is 10.2. The molecule has 0 spiro atoms. The Morgan fingerprint density at radius 3 is 2.76 bits per heavy atom. The van der Waals surface area contributed by atoms with Crippen LogP contribution in [0.15, 0.2) is 42.6 Å². The minimum Gasteiger partial charge on any atom is -0.372 e. The Hall–Kier alpha value is -2.93. The van der Waals surface area contributed by atoms with Gasteiger partial charge in [0.15, 0.2) is 0 Å². The number of rotatable bonds is 4. The van der Waals surface area contributed by atoms with E-state index in [1.54, 1.807) is 0 Å². The van der Waals surface area contributed by atoms with Gasteiger partial charge in [-0.25, -0.2) is 9.97 Å². The Bertz CT molecular complexity index is 874. The Morgan fingerprint density at radius 2 is 1.92 bits per heavy atom. The van der Waals surface area contributed by atoms with Crippen LogP contribution in [0, 0.1) is 0 Å². The van der Waals surface area contributed by atoms with E-state index < -0.39 is 0 Å². The predicted molar refractivity (Wildman–Crippen MR) is 102 cm³/mol. The molecule has 0 radical (unpaired) electrons. The van der Waals surface area contributed by atoms with Crippen molar-refractivity contribution < 1.29 is 0 Å². The number of nitrogens with one attached hydrogen (secondary N) is 3. The molecule has 128 valence electrons. The normalized spacial score (nSPS) is 14.5. The molecular weight excluding hydrogens is 314 g/mol. The summed E-state index contributed by atoms with van der Waals surface area (Å²) in [6.07, 6.45) is 1.82. The molecule has 1 saturated heterocycles. The van der Waals surface area contributed by atoms with Gasteiger partial charge in [-0.05, 0) is 18.2 Å². The van der Waals surface area contributed by atoms with E-state index in [0.29, 0.717) is 5.95 Å². The van der Waals surface area contributed by atoms with Crippen molar-refractivity contribution in [2.75, 3.05) is 48.8 Å². The van der Waals surface area contributed by atoms with Crippen molar-refractivity contribution in [2.24, 2.45) is 0 Å². The van der Waals surface area contributed by atoms with E-state index in [9.17, 15) is 0 Å². The summed E-state index contributed by atoms with van der Waals surface area (Å²) in [4.78, 5) is 15.9. The fraction of sp³-hybridized carbons (Fsp3) is 0.278. The molecule has 0 atom stereocenters. The third kappa shape index (κ3) is 3.32. The maximum Gasteiger partial charge on any atom is 0.230 e. The van der Waals surface area contributed by atoms with Gasteiger partial charge in [-0.2, -0.15) is 4.98 Å². The summed E-state index contributed by atoms with van der Waals surface area (Å²) >= 11 is 0. The highest BCUT2D eigenvalue weighted by molar-refractivity contribution is 5.90. The molecule has 7 nitrogen and oxygen atoms in total. The molecule has 0 unspecified atom stereocenters. The number of benzene rings is 1. The molecule has 25 heavy (non-hydrogen) atoms. The zero-order valence-electron chi connectivity index (χ0n) is 14.2. The quantitative estimate of drug-likeness (QED) is 0.675. The molecule has 3 aromatic rings. The van der Waals surface area contributed by atoms with Crippen LogP contribution in [0.5, 0.6) is 0 Å². The summed E-state index contributed by atoms with van der Waals surface area (Å²) in [6, 6.07) is 12.0. The van der Waals surface area contributed by atoms with E-state index >= 15 is 0 Å². The average molecular weight is 335 g/mol. The maximum atomic E-state index is 4.60. The first-order valence-electron chi connectivity index (χ1n) is 8.47. The molecule has 2 aromatic heterocycles. The molecule has 1 fully saturated rings. The van der Waals surface area contributed by atoms with E-state index in [0.717, 1.165) is 54.4 Å². The number of para-hydroxylation sites is 1. The number of aromatic nitrogens is 3. The van der Waals surface area contributed by atoms with Gasteiger partial charge in [-0.3, -0.25) is 0 Å². The Morgan fingerprint density at radius 1 is 1.08 bits per heavy atom. The van der Waals surface area contributed by atoms with Gasteiger partial charge in [0.05, 0.1) is 5.52 Å². The third-order valence-corrected chi connectivity index (χ3v) is 4.31. The minimum absolute atomic E-state index is 0.535. The maximum absolute atomic E-state index is 4.60.